The first kappa shape index (κ1) is 15.0. The standard InChI is InChI=1S/C17H21N3O/c1-13(14-5-7-15(18)8-6-14)12-17(21)20-11-9-16-4-2-3-10-19-16/h2-8,10,13H,9,11-12,18H2,1H3,(H,20,21). The van der Waals surface area contributed by atoms with Crippen LogP contribution in [-0.2, 0) is 11.2 Å². The van der Waals surface area contributed by atoms with Gasteiger partial charge in [0.2, 0.25) is 5.91 Å². The summed E-state index contributed by atoms with van der Waals surface area (Å²) in [4.78, 5) is 16.2. The highest BCUT2D eigenvalue weighted by atomic mass is 16.1. The molecule has 4 heteroatoms. The second kappa shape index (κ2) is 7.43. The van der Waals surface area contributed by atoms with Crippen LogP contribution >= 0.6 is 0 Å². The number of nitrogens with two attached hydrogens (primary N) is 1. The molecule has 2 aromatic rings. The molecule has 4 nitrogen and oxygen atoms in total. The van der Waals surface area contributed by atoms with Crippen molar-refractivity contribution in [2.24, 2.45) is 0 Å². The van der Waals surface area contributed by atoms with E-state index in [0.717, 1.165) is 23.4 Å². The van der Waals surface area contributed by atoms with Crippen LogP contribution < -0.4 is 11.1 Å². The Bertz CT molecular complexity index is 566. The molecule has 0 radical (unpaired) electrons. The Morgan fingerprint density at radius 3 is 2.67 bits per heavy atom. The number of pyridine rings is 1. The van der Waals surface area contributed by atoms with Gasteiger partial charge in [-0.1, -0.05) is 25.1 Å². The van der Waals surface area contributed by atoms with E-state index in [2.05, 4.69) is 10.3 Å². The average molecular weight is 283 g/mol. The van der Waals surface area contributed by atoms with Crippen molar-refractivity contribution in [1.29, 1.82) is 0 Å². The summed E-state index contributed by atoms with van der Waals surface area (Å²) in [6.45, 7) is 2.66. The van der Waals surface area contributed by atoms with Crippen LogP contribution in [0.3, 0.4) is 0 Å². The van der Waals surface area contributed by atoms with E-state index in [4.69, 9.17) is 5.73 Å². The van der Waals surface area contributed by atoms with E-state index in [1.54, 1.807) is 6.20 Å². The SMILES string of the molecule is CC(CC(=O)NCCc1ccccn1)c1ccc(N)cc1. The van der Waals surface area contributed by atoms with Crippen LogP contribution in [0.1, 0.15) is 30.5 Å². The molecule has 110 valence electrons. The zero-order chi connectivity index (χ0) is 15.1. The lowest BCUT2D eigenvalue weighted by atomic mass is 9.97. The Labute approximate surface area is 125 Å². The molecular formula is C17H21N3O. The monoisotopic (exact) mass is 283 g/mol. The minimum Gasteiger partial charge on any atom is -0.399 e. The van der Waals surface area contributed by atoms with Crippen molar-refractivity contribution in [3.8, 4) is 0 Å². The molecule has 1 atom stereocenters. The van der Waals surface area contributed by atoms with Crippen LogP contribution in [0.4, 0.5) is 5.69 Å². The number of carbonyl (C=O) groups is 1. The van der Waals surface area contributed by atoms with Gasteiger partial charge in [0.1, 0.15) is 0 Å². The molecule has 0 bridgehead atoms. The van der Waals surface area contributed by atoms with Crippen molar-refractivity contribution in [3.63, 3.8) is 0 Å². The second-order valence-electron chi connectivity index (χ2n) is 5.19. The normalized spacial score (nSPS) is 11.9. The van der Waals surface area contributed by atoms with Gasteiger partial charge in [-0.05, 0) is 35.7 Å². The summed E-state index contributed by atoms with van der Waals surface area (Å²) in [6, 6.07) is 13.5. The fourth-order valence-electron chi connectivity index (χ4n) is 2.17. The third-order valence-corrected chi connectivity index (χ3v) is 3.43. The van der Waals surface area contributed by atoms with E-state index in [1.165, 1.54) is 0 Å². The van der Waals surface area contributed by atoms with Crippen LogP contribution in [-0.4, -0.2) is 17.4 Å². The number of rotatable bonds is 6. The van der Waals surface area contributed by atoms with Gasteiger partial charge in [0.15, 0.2) is 0 Å². The molecule has 1 aromatic heterocycles. The van der Waals surface area contributed by atoms with Crippen LogP contribution in [0, 0.1) is 0 Å². The van der Waals surface area contributed by atoms with Gasteiger partial charge in [-0.3, -0.25) is 9.78 Å². The Hall–Kier alpha value is -2.36. The summed E-state index contributed by atoms with van der Waals surface area (Å²) < 4.78 is 0. The predicted octanol–water partition coefficient (Wildman–Crippen LogP) is 2.52. The summed E-state index contributed by atoms with van der Waals surface area (Å²) in [5, 5.41) is 2.94. The number of carbonyl (C=O) groups excluding carboxylic acids is 1. The second-order valence-corrected chi connectivity index (χ2v) is 5.19. The number of benzene rings is 1. The lowest BCUT2D eigenvalue weighted by Gasteiger charge is -2.12. The highest BCUT2D eigenvalue weighted by Gasteiger charge is 2.10. The first-order valence-corrected chi connectivity index (χ1v) is 7.17. The number of nitrogens with zero attached hydrogens (tertiary/aromatic N) is 1. The molecule has 0 aliphatic carbocycles. The largest absolute Gasteiger partial charge is 0.399 e. The molecular weight excluding hydrogens is 262 g/mol. The Morgan fingerprint density at radius 1 is 1.24 bits per heavy atom. The summed E-state index contributed by atoms with van der Waals surface area (Å²) in [5.41, 5.74) is 8.52. The van der Waals surface area contributed by atoms with Crippen molar-refractivity contribution in [3.05, 3.63) is 59.9 Å². The lowest BCUT2D eigenvalue weighted by molar-refractivity contribution is -0.121. The molecule has 1 heterocycles. The number of amides is 1. The molecule has 1 amide bonds. The number of nitrogens with one attached hydrogen (secondary N) is 1. The van der Waals surface area contributed by atoms with Crippen LogP contribution in [0.5, 0.6) is 0 Å². The van der Waals surface area contributed by atoms with E-state index in [9.17, 15) is 4.79 Å². The molecule has 1 unspecified atom stereocenters. The van der Waals surface area contributed by atoms with E-state index in [1.807, 2.05) is 49.4 Å². The maximum absolute atomic E-state index is 11.9. The Balaban J connectivity index is 1.75. The van der Waals surface area contributed by atoms with Gasteiger partial charge in [-0.25, -0.2) is 0 Å². The first-order chi connectivity index (χ1) is 10.1. The van der Waals surface area contributed by atoms with Gasteiger partial charge in [0, 0.05) is 37.0 Å². The maximum Gasteiger partial charge on any atom is 0.220 e. The number of anilines is 1. The highest BCUT2D eigenvalue weighted by Crippen LogP contribution is 2.19. The molecule has 21 heavy (non-hydrogen) atoms. The molecule has 0 aliphatic heterocycles. The quantitative estimate of drug-likeness (QED) is 0.800. The number of aromatic nitrogens is 1. The van der Waals surface area contributed by atoms with E-state index >= 15 is 0 Å². The molecule has 0 saturated heterocycles. The van der Waals surface area contributed by atoms with Crippen molar-refractivity contribution in [2.45, 2.75) is 25.7 Å². The fraction of sp³-hybridized carbons (Fsp3) is 0.294. The zero-order valence-corrected chi connectivity index (χ0v) is 12.3. The van der Waals surface area contributed by atoms with Crippen LogP contribution in [0.25, 0.3) is 0 Å². The topological polar surface area (TPSA) is 68.0 Å². The van der Waals surface area contributed by atoms with Crippen molar-refractivity contribution < 1.29 is 4.79 Å². The summed E-state index contributed by atoms with van der Waals surface area (Å²) >= 11 is 0. The maximum atomic E-state index is 11.9. The van der Waals surface area contributed by atoms with Gasteiger partial charge in [-0.15, -0.1) is 0 Å². The third kappa shape index (κ3) is 4.91. The highest BCUT2D eigenvalue weighted by molar-refractivity contribution is 5.76. The third-order valence-electron chi connectivity index (χ3n) is 3.43. The minimum atomic E-state index is 0.0651. The summed E-state index contributed by atoms with van der Waals surface area (Å²) in [6.07, 6.45) is 3.00. The first-order valence-electron chi connectivity index (χ1n) is 7.17. The van der Waals surface area contributed by atoms with E-state index < -0.39 is 0 Å². The molecule has 2 rings (SSSR count). The lowest BCUT2D eigenvalue weighted by Crippen LogP contribution is -2.26. The average Bonchev–Trinajstić information content (AvgIpc) is 2.49. The molecule has 1 aromatic carbocycles. The molecule has 0 spiro atoms. The van der Waals surface area contributed by atoms with Crippen molar-refractivity contribution in [2.75, 3.05) is 12.3 Å². The molecule has 0 aliphatic rings. The number of hydrogen-bond donors (Lipinski definition) is 2. The van der Waals surface area contributed by atoms with Crippen molar-refractivity contribution in [1.82, 2.24) is 10.3 Å². The van der Waals surface area contributed by atoms with Crippen molar-refractivity contribution >= 4 is 11.6 Å². The summed E-state index contributed by atoms with van der Waals surface area (Å²) in [5.74, 6) is 0.246. The van der Waals surface area contributed by atoms with Gasteiger partial charge >= 0.3 is 0 Å². The molecule has 0 saturated carbocycles. The fourth-order valence-corrected chi connectivity index (χ4v) is 2.17. The molecule has 3 N–H and O–H groups in total. The van der Waals surface area contributed by atoms with E-state index in [-0.39, 0.29) is 11.8 Å². The van der Waals surface area contributed by atoms with Gasteiger partial charge in [0.05, 0.1) is 0 Å². The minimum absolute atomic E-state index is 0.0651. The van der Waals surface area contributed by atoms with Crippen LogP contribution in [0.2, 0.25) is 0 Å². The van der Waals surface area contributed by atoms with Gasteiger partial charge < -0.3 is 11.1 Å². The number of hydrogen-bond acceptors (Lipinski definition) is 3. The zero-order valence-electron chi connectivity index (χ0n) is 12.3. The van der Waals surface area contributed by atoms with E-state index in [0.29, 0.717) is 13.0 Å². The van der Waals surface area contributed by atoms with Gasteiger partial charge in [-0.2, -0.15) is 0 Å². The van der Waals surface area contributed by atoms with Gasteiger partial charge in [0.25, 0.3) is 0 Å². The smallest absolute Gasteiger partial charge is 0.220 e. The predicted molar refractivity (Wildman–Crippen MR) is 84.8 cm³/mol. The Morgan fingerprint density at radius 2 is 2.00 bits per heavy atom. The van der Waals surface area contributed by atoms with Crippen LogP contribution in [0.15, 0.2) is 48.7 Å². The Kier molecular flexibility index (Phi) is 5.32. The number of nitrogen functional groups attached to an aromatic ring is 1. The summed E-state index contributed by atoms with van der Waals surface area (Å²) in [7, 11) is 0. The molecule has 0 fully saturated rings.